The highest BCUT2D eigenvalue weighted by Crippen LogP contribution is 2.27. The molecule has 0 saturated carbocycles. The van der Waals surface area contributed by atoms with Crippen molar-refractivity contribution in [1.29, 1.82) is 5.26 Å². The van der Waals surface area contributed by atoms with Crippen LogP contribution in [0.25, 0.3) is 0 Å². The lowest BCUT2D eigenvalue weighted by Crippen LogP contribution is -2.26. The van der Waals surface area contributed by atoms with Crippen LogP contribution in [-0.2, 0) is 10.0 Å². The fourth-order valence-electron chi connectivity index (χ4n) is 3.05. The molecule has 1 N–H and O–H groups in total. The van der Waals surface area contributed by atoms with Crippen molar-refractivity contribution in [3.05, 3.63) is 102 Å². The third kappa shape index (κ3) is 4.82. The van der Waals surface area contributed by atoms with Gasteiger partial charge in [-0.2, -0.15) is 5.26 Å². The van der Waals surface area contributed by atoms with Crippen LogP contribution in [0.15, 0.2) is 89.8 Å². The summed E-state index contributed by atoms with van der Waals surface area (Å²) in [4.78, 5) is 0.109. The van der Waals surface area contributed by atoms with Gasteiger partial charge in [-0.1, -0.05) is 66.7 Å². The molecule has 0 aliphatic rings. The summed E-state index contributed by atoms with van der Waals surface area (Å²) in [5.41, 5.74) is 2.62. The maximum Gasteiger partial charge on any atom is 0.240 e. The Morgan fingerprint density at radius 1 is 0.852 bits per heavy atom. The van der Waals surface area contributed by atoms with Crippen molar-refractivity contribution in [2.75, 3.05) is 6.54 Å². The van der Waals surface area contributed by atoms with E-state index >= 15 is 0 Å². The maximum atomic E-state index is 12.5. The van der Waals surface area contributed by atoms with Crippen LogP contribution in [0, 0.1) is 11.3 Å². The number of sulfonamides is 1. The van der Waals surface area contributed by atoms with Crippen LogP contribution in [0.3, 0.4) is 0 Å². The van der Waals surface area contributed by atoms with Crippen molar-refractivity contribution >= 4 is 10.0 Å². The van der Waals surface area contributed by atoms with E-state index < -0.39 is 10.0 Å². The second-order valence-corrected chi connectivity index (χ2v) is 7.97. The predicted octanol–water partition coefficient (Wildman–Crippen LogP) is 4.06. The highest BCUT2D eigenvalue weighted by molar-refractivity contribution is 7.89. The lowest BCUT2D eigenvalue weighted by Gasteiger charge is -2.18. The topological polar surface area (TPSA) is 70.0 Å². The normalized spacial score (nSPS) is 11.3. The van der Waals surface area contributed by atoms with Gasteiger partial charge in [0, 0.05) is 12.5 Å². The first kappa shape index (κ1) is 18.8. The molecule has 0 aromatic heterocycles. The third-order valence-corrected chi connectivity index (χ3v) is 5.86. The summed E-state index contributed by atoms with van der Waals surface area (Å²) in [5.74, 6) is 0.0977. The molecule has 0 aliphatic heterocycles. The largest absolute Gasteiger partial charge is 0.240 e. The molecule has 136 valence electrons. The van der Waals surface area contributed by atoms with Crippen molar-refractivity contribution in [2.45, 2.75) is 17.2 Å². The van der Waals surface area contributed by atoms with Crippen LogP contribution in [0.1, 0.15) is 29.0 Å². The number of rotatable bonds is 7. The van der Waals surface area contributed by atoms with Gasteiger partial charge in [0.2, 0.25) is 10.0 Å². The second kappa shape index (κ2) is 8.63. The first-order chi connectivity index (χ1) is 13.1. The molecule has 0 radical (unpaired) electrons. The first-order valence-corrected chi connectivity index (χ1v) is 10.2. The summed E-state index contributed by atoms with van der Waals surface area (Å²) >= 11 is 0. The van der Waals surface area contributed by atoms with Crippen molar-refractivity contribution in [3.8, 4) is 6.07 Å². The Bertz CT molecular complexity index is 987. The number of nitrogens with zero attached hydrogens (tertiary/aromatic N) is 1. The zero-order valence-electron chi connectivity index (χ0n) is 14.7. The Morgan fingerprint density at radius 2 is 1.44 bits per heavy atom. The van der Waals surface area contributed by atoms with Crippen LogP contribution in [0.5, 0.6) is 0 Å². The summed E-state index contributed by atoms with van der Waals surface area (Å²) in [6.07, 6.45) is 0.630. The first-order valence-electron chi connectivity index (χ1n) is 8.70. The predicted molar refractivity (Wildman–Crippen MR) is 106 cm³/mol. The number of nitrogens with one attached hydrogen (secondary N) is 1. The van der Waals surface area contributed by atoms with E-state index in [9.17, 15) is 8.42 Å². The summed E-state index contributed by atoms with van der Waals surface area (Å²) in [7, 11) is -3.65. The summed E-state index contributed by atoms with van der Waals surface area (Å²) < 4.78 is 27.7. The van der Waals surface area contributed by atoms with Crippen LogP contribution in [0.4, 0.5) is 0 Å². The number of hydrogen-bond donors (Lipinski definition) is 1. The molecular weight excluding hydrogens is 356 g/mol. The van der Waals surface area contributed by atoms with E-state index in [0.29, 0.717) is 18.5 Å². The molecule has 0 heterocycles. The van der Waals surface area contributed by atoms with Crippen LogP contribution in [0.2, 0.25) is 0 Å². The molecule has 4 nitrogen and oxygen atoms in total. The maximum absolute atomic E-state index is 12.5. The molecule has 0 fully saturated rings. The minimum absolute atomic E-state index is 0.0977. The number of nitriles is 1. The molecular formula is C22H20N2O2S. The highest BCUT2D eigenvalue weighted by Gasteiger charge is 2.17. The van der Waals surface area contributed by atoms with Gasteiger partial charge >= 0.3 is 0 Å². The standard InChI is InChI=1S/C22H20N2O2S/c23-17-18-8-7-13-21(16-18)27(25,26)24-15-14-22(19-9-3-1-4-10-19)20-11-5-2-6-12-20/h1-13,16,22,24H,14-15H2. The molecule has 0 saturated heterocycles. The molecule has 0 aliphatic carbocycles. The Labute approximate surface area is 160 Å². The van der Waals surface area contributed by atoms with Crippen molar-refractivity contribution < 1.29 is 8.42 Å². The summed E-state index contributed by atoms with van der Waals surface area (Å²) in [6.45, 7) is 0.299. The Balaban J connectivity index is 1.75. The van der Waals surface area contributed by atoms with Crippen molar-refractivity contribution in [1.82, 2.24) is 4.72 Å². The minimum Gasteiger partial charge on any atom is -0.211 e. The lowest BCUT2D eigenvalue weighted by atomic mass is 9.89. The molecule has 0 amide bonds. The quantitative estimate of drug-likeness (QED) is 0.676. The molecule has 0 unspecified atom stereocenters. The second-order valence-electron chi connectivity index (χ2n) is 6.20. The van der Waals surface area contributed by atoms with E-state index in [2.05, 4.69) is 29.0 Å². The van der Waals surface area contributed by atoms with E-state index in [4.69, 9.17) is 5.26 Å². The van der Waals surface area contributed by atoms with Gasteiger partial charge in [-0.15, -0.1) is 0 Å². The van der Waals surface area contributed by atoms with Gasteiger partial charge in [-0.05, 0) is 35.7 Å². The van der Waals surface area contributed by atoms with Gasteiger partial charge in [0.15, 0.2) is 0 Å². The zero-order chi connectivity index (χ0) is 19.1. The van der Waals surface area contributed by atoms with Crippen molar-refractivity contribution in [2.24, 2.45) is 0 Å². The lowest BCUT2D eigenvalue weighted by molar-refractivity contribution is 0.575. The molecule has 3 aromatic carbocycles. The van der Waals surface area contributed by atoms with Crippen LogP contribution >= 0.6 is 0 Å². The van der Waals surface area contributed by atoms with Crippen LogP contribution < -0.4 is 4.72 Å². The van der Waals surface area contributed by atoms with E-state index in [-0.39, 0.29) is 10.8 Å². The monoisotopic (exact) mass is 376 g/mol. The fourth-order valence-corrected chi connectivity index (χ4v) is 4.14. The van der Waals surface area contributed by atoms with Gasteiger partial charge in [-0.3, -0.25) is 0 Å². The van der Waals surface area contributed by atoms with E-state index in [0.717, 1.165) is 11.1 Å². The summed E-state index contributed by atoms with van der Waals surface area (Å²) in [5, 5.41) is 8.96. The molecule has 3 aromatic rings. The minimum atomic E-state index is -3.65. The third-order valence-electron chi connectivity index (χ3n) is 4.40. The van der Waals surface area contributed by atoms with Gasteiger partial charge in [0.1, 0.15) is 0 Å². The average molecular weight is 376 g/mol. The van der Waals surface area contributed by atoms with E-state index in [1.165, 1.54) is 12.1 Å². The molecule has 27 heavy (non-hydrogen) atoms. The molecule has 0 spiro atoms. The van der Waals surface area contributed by atoms with Crippen molar-refractivity contribution in [3.63, 3.8) is 0 Å². The number of hydrogen-bond acceptors (Lipinski definition) is 3. The van der Waals surface area contributed by atoms with Gasteiger partial charge in [-0.25, -0.2) is 13.1 Å². The Morgan fingerprint density at radius 3 is 2.00 bits per heavy atom. The average Bonchev–Trinajstić information content (AvgIpc) is 2.72. The summed E-state index contributed by atoms with van der Waals surface area (Å²) in [6, 6.07) is 28.1. The number of benzene rings is 3. The molecule has 0 bridgehead atoms. The molecule has 5 heteroatoms. The van der Waals surface area contributed by atoms with Gasteiger partial charge in [0.25, 0.3) is 0 Å². The molecule has 0 atom stereocenters. The van der Waals surface area contributed by atoms with Gasteiger partial charge < -0.3 is 0 Å². The SMILES string of the molecule is N#Cc1cccc(S(=O)(=O)NCCC(c2ccccc2)c2ccccc2)c1. The van der Waals surface area contributed by atoms with E-state index in [1.807, 2.05) is 42.5 Å². The zero-order valence-corrected chi connectivity index (χ0v) is 15.6. The highest BCUT2D eigenvalue weighted by atomic mass is 32.2. The fraction of sp³-hybridized carbons (Fsp3) is 0.136. The smallest absolute Gasteiger partial charge is 0.211 e. The van der Waals surface area contributed by atoms with Crippen LogP contribution in [-0.4, -0.2) is 15.0 Å². The Hall–Kier alpha value is -2.94. The van der Waals surface area contributed by atoms with Gasteiger partial charge in [0.05, 0.1) is 16.5 Å². The molecule has 3 rings (SSSR count). The van der Waals surface area contributed by atoms with E-state index in [1.54, 1.807) is 12.1 Å². The Kier molecular flexibility index (Phi) is 6.02.